The lowest BCUT2D eigenvalue weighted by Crippen LogP contribution is -2.39. The molecule has 0 aliphatic rings. The fourth-order valence-corrected chi connectivity index (χ4v) is 3.45. The Morgan fingerprint density at radius 2 is 1.92 bits per heavy atom. The van der Waals surface area contributed by atoms with E-state index in [1.807, 2.05) is 18.2 Å². The zero-order valence-corrected chi connectivity index (χ0v) is 17.0. The number of aromatic nitrogens is 1. The maximum Gasteiger partial charge on any atom is 0.190 e. The molecule has 1 unspecified atom stereocenters. The van der Waals surface area contributed by atoms with Crippen LogP contribution < -0.4 is 10.6 Å². The van der Waals surface area contributed by atoms with Crippen molar-refractivity contribution in [3.05, 3.63) is 51.5 Å². The van der Waals surface area contributed by atoms with Gasteiger partial charge in [-0.3, -0.25) is 4.99 Å². The monoisotopic (exact) mass is 374 g/mol. The zero-order valence-electron chi connectivity index (χ0n) is 16.2. The topological polar surface area (TPSA) is 58.5 Å². The lowest BCUT2D eigenvalue weighted by molar-refractivity contribution is 0.0646. The Morgan fingerprint density at radius 3 is 2.58 bits per heavy atom. The molecule has 2 aromatic rings. The van der Waals surface area contributed by atoms with Gasteiger partial charge < -0.3 is 15.4 Å². The number of nitrogens with zero attached hydrogens (tertiary/aromatic N) is 2. The second kappa shape index (κ2) is 10.9. The standard InChI is InChI=1S/C20H30N4OS/c1-15-17(3)26-19(24-15)11-13-23-20(21-4)22-12-8-14-25-16(2)18-9-6-5-7-10-18/h5-7,9-10,16H,8,11-14H2,1-4H3,(H2,21,22,23). The van der Waals surface area contributed by atoms with Gasteiger partial charge in [-0.1, -0.05) is 30.3 Å². The summed E-state index contributed by atoms with van der Waals surface area (Å²) < 4.78 is 5.89. The normalized spacial score (nSPS) is 12.8. The highest BCUT2D eigenvalue weighted by molar-refractivity contribution is 7.11. The maximum absolute atomic E-state index is 5.89. The summed E-state index contributed by atoms with van der Waals surface area (Å²) in [5, 5.41) is 7.84. The van der Waals surface area contributed by atoms with Crippen LogP contribution in [0.25, 0.3) is 0 Å². The first-order valence-electron chi connectivity index (χ1n) is 9.14. The number of hydrogen-bond acceptors (Lipinski definition) is 4. The number of rotatable bonds is 9. The second-order valence-electron chi connectivity index (χ2n) is 6.20. The Balaban J connectivity index is 1.58. The van der Waals surface area contributed by atoms with Crippen LogP contribution in [0.3, 0.4) is 0 Å². The van der Waals surface area contributed by atoms with E-state index in [4.69, 9.17) is 4.74 Å². The van der Waals surface area contributed by atoms with Crippen molar-refractivity contribution < 1.29 is 4.74 Å². The van der Waals surface area contributed by atoms with Gasteiger partial charge in [0.05, 0.1) is 16.8 Å². The van der Waals surface area contributed by atoms with Crippen LogP contribution in [-0.4, -0.2) is 37.7 Å². The lowest BCUT2D eigenvalue weighted by Gasteiger charge is -2.14. The van der Waals surface area contributed by atoms with Crippen LogP contribution in [0.15, 0.2) is 35.3 Å². The molecule has 1 aromatic carbocycles. The number of aliphatic imine (C=N–C) groups is 1. The molecule has 0 spiro atoms. The van der Waals surface area contributed by atoms with Crippen molar-refractivity contribution in [2.75, 3.05) is 26.7 Å². The summed E-state index contributed by atoms with van der Waals surface area (Å²) in [6.07, 6.45) is 1.97. The molecule has 142 valence electrons. The summed E-state index contributed by atoms with van der Waals surface area (Å²) in [5.74, 6) is 0.825. The Labute approximate surface area is 160 Å². The molecular weight excluding hydrogens is 344 g/mol. The Morgan fingerprint density at radius 1 is 1.19 bits per heavy atom. The van der Waals surface area contributed by atoms with E-state index in [2.05, 4.69) is 53.5 Å². The van der Waals surface area contributed by atoms with Gasteiger partial charge in [0.15, 0.2) is 5.96 Å². The summed E-state index contributed by atoms with van der Waals surface area (Å²) >= 11 is 1.77. The fraction of sp³-hybridized carbons (Fsp3) is 0.500. The van der Waals surface area contributed by atoms with E-state index in [1.165, 1.54) is 15.4 Å². The molecule has 0 radical (unpaired) electrons. The number of aryl methyl sites for hydroxylation is 2. The third-order valence-electron chi connectivity index (χ3n) is 4.18. The molecule has 2 rings (SSSR count). The van der Waals surface area contributed by atoms with Crippen molar-refractivity contribution in [2.24, 2.45) is 4.99 Å². The first kappa shape index (κ1) is 20.4. The van der Waals surface area contributed by atoms with Crippen LogP contribution in [0.5, 0.6) is 0 Å². The summed E-state index contributed by atoms with van der Waals surface area (Å²) in [6.45, 7) is 8.64. The lowest BCUT2D eigenvalue weighted by atomic mass is 10.1. The third-order valence-corrected chi connectivity index (χ3v) is 5.31. The predicted octanol–water partition coefficient (Wildman–Crippen LogP) is 3.64. The maximum atomic E-state index is 5.89. The van der Waals surface area contributed by atoms with Crippen LogP contribution in [0.2, 0.25) is 0 Å². The molecule has 0 amide bonds. The van der Waals surface area contributed by atoms with Gasteiger partial charge in [0.25, 0.3) is 0 Å². The van der Waals surface area contributed by atoms with Crippen LogP contribution in [0.4, 0.5) is 0 Å². The van der Waals surface area contributed by atoms with Gasteiger partial charge in [0.1, 0.15) is 0 Å². The van der Waals surface area contributed by atoms with Crippen LogP contribution in [0.1, 0.15) is 40.6 Å². The number of benzene rings is 1. The molecule has 0 saturated heterocycles. The van der Waals surface area contributed by atoms with Crippen molar-refractivity contribution in [2.45, 2.75) is 39.7 Å². The average Bonchev–Trinajstić information content (AvgIpc) is 2.98. The van der Waals surface area contributed by atoms with E-state index in [1.54, 1.807) is 18.4 Å². The fourth-order valence-electron chi connectivity index (χ4n) is 2.51. The van der Waals surface area contributed by atoms with Gasteiger partial charge >= 0.3 is 0 Å². The van der Waals surface area contributed by atoms with E-state index in [-0.39, 0.29) is 6.10 Å². The number of nitrogens with one attached hydrogen (secondary N) is 2. The van der Waals surface area contributed by atoms with Gasteiger partial charge in [-0.05, 0) is 32.8 Å². The molecule has 0 fully saturated rings. The minimum atomic E-state index is 0.124. The Hall–Kier alpha value is -1.92. The van der Waals surface area contributed by atoms with Crippen molar-refractivity contribution in [3.63, 3.8) is 0 Å². The highest BCUT2D eigenvalue weighted by Crippen LogP contribution is 2.16. The molecule has 0 bridgehead atoms. The van der Waals surface area contributed by atoms with Crippen LogP contribution >= 0.6 is 11.3 Å². The highest BCUT2D eigenvalue weighted by atomic mass is 32.1. The average molecular weight is 375 g/mol. The van der Waals surface area contributed by atoms with Crippen LogP contribution in [-0.2, 0) is 11.2 Å². The molecule has 2 N–H and O–H groups in total. The molecular formula is C20H30N4OS. The third kappa shape index (κ3) is 6.77. The first-order valence-corrected chi connectivity index (χ1v) is 9.95. The zero-order chi connectivity index (χ0) is 18.8. The van der Waals surface area contributed by atoms with Gasteiger partial charge in [-0.15, -0.1) is 11.3 Å². The largest absolute Gasteiger partial charge is 0.374 e. The summed E-state index contributed by atoms with van der Waals surface area (Å²) in [5.41, 5.74) is 2.35. The molecule has 6 heteroatoms. The molecule has 1 heterocycles. The second-order valence-corrected chi connectivity index (χ2v) is 7.49. The van der Waals surface area contributed by atoms with Crippen molar-refractivity contribution in [3.8, 4) is 0 Å². The van der Waals surface area contributed by atoms with Crippen LogP contribution in [0, 0.1) is 13.8 Å². The van der Waals surface area contributed by atoms with Crippen molar-refractivity contribution in [1.29, 1.82) is 0 Å². The molecule has 1 aromatic heterocycles. The van der Waals surface area contributed by atoms with E-state index in [0.717, 1.165) is 44.2 Å². The van der Waals surface area contributed by atoms with Gasteiger partial charge in [0, 0.05) is 38.0 Å². The SMILES string of the molecule is CN=C(NCCCOC(C)c1ccccc1)NCCc1nc(C)c(C)s1. The summed E-state index contributed by atoms with van der Waals surface area (Å²) in [7, 11) is 1.79. The Kier molecular flexibility index (Phi) is 8.58. The van der Waals surface area contributed by atoms with Gasteiger partial charge in [-0.25, -0.2) is 4.98 Å². The van der Waals surface area contributed by atoms with E-state index < -0.39 is 0 Å². The summed E-state index contributed by atoms with van der Waals surface area (Å²) in [4.78, 5) is 10.1. The van der Waals surface area contributed by atoms with Crippen molar-refractivity contribution >= 4 is 17.3 Å². The van der Waals surface area contributed by atoms with Gasteiger partial charge in [0.2, 0.25) is 0 Å². The highest BCUT2D eigenvalue weighted by Gasteiger charge is 2.05. The molecule has 5 nitrogen and oxygen atoms in total. The van der Waals surface area contributed by atoms with E-state index >= 15 is 0 Å². The minimum absolute atomic E-state index is 0.124. The molecule has 0 aliphatic heterocycles. The summed E-state index contributed by atoms with van der Waals surface area (Å²) in [6, 6.07) is 10.3. The Bertz CT molecular complexity index is 665. The number of guanidine groups is 1. The van der Waals surface area contributed by atoms with E-state index in [9.17, 15) is 0 Å². The van der Waals surface area contributed by atoms with E-state index in [0.29, 0.717) is 0 Å². The van der Waals surface area contributed by atoms with Gasteiger partial charge in [-0.2, -0.15) is 0 Å². The number of hydrogen-bond donors (Lipinski definition) is 2. The van der Waals surface area contributed by atoms with Crippen molar-refractivity contribution in [1.82, 2.24) is 15.6 Å². The molecule has 0 aliphatic carbocycles. The number of thiazole rings is 1. The smallest absolute Gasteiger partial charge is 0.190 e. The number of ether oxygens (including phenoxy) is 1. The predicted molar refractivity (Wildman–Crippen MR) is 110 cm³/mol. The molecule has 1 atom stereocenters. The quantitative estimate of drug-likeness (QED) is 0.400. The first-order chi connectivity index (χ1) is 12.6. The molecule has 0 saturated carbocycles. The molecule has 26 heavy (non-hydrogen) atoms. The minimum Gasteiger partial charge on any atom is -0.374 e.